The molecule has 3 rings (SSSR count). The average molecular weight is 412 g/mol. The Bertz CT molecular complexity index is 999. The van der Waals surface area contributed by atoms with Crippen LogP contribution >= 0.6 is 34.3 Å². The van der Waals surface area contributed by atoms with Crippen LogP contribution in [-0.4, -0.2) is 28.5 Å². The lowest BCUT2D eigenvalue weighted by Crippen LogP contribution is -2.07. The van der Waals surface area contributed by atoms with Crippen LogP contribution in [0.5, 0.6) is 0 Å². The van der Waals surface area contributed by atoms with Crippen LogP contribution in [0, 0.1) is 6.92 Å². The second kappa shape index (κ2) is 7.56. The van der Waals surface area contributed by atoms with E-state index in [0.29, 0.717) is 29.9 Å². The van der Waals surface area contributed by atoms with Crippen molar-refractivity contribution in [1.82, 2.24) is 9.97 Å². The minimum atomic E-state index is -0.515. The van der Waals surface area contributed by atoms with E-state index in [0.717, 1.165) is 11.3 Å². The maximum Gasteiger partial charge on any atom is 0.348 e. The number of nitrogens with two attached hydrogens (primary N) is 1. The average Bonchev–Trinajstić information content (AvgIpc) is 3.17. The van der Waals surface area contributed by atoms with Crippen LogP contribution in [0.3, 0.4) is 0 Å². The van der Waals surface area contributed by atoms with Crippen LogP contribution in [0.25, 0.3) is 10.2 Å². The van der Waals surface area contributed by atoms with Gasteiger partial charge in [-0.2, -0.15) is 0 Å². The SMILES string of the molecule is CCOC(=O)c1sc2nc(COC(=O)c3ccc(Cl)s3)nc(N)c2c1C. The number of aryl methyl sites for hydroxylation is 1. The first-order chi connectivity index (χ1) is 12.4. The molecule has 3 aromatic rings. The van der Waals surface area contributed by atoms with Gasteiger partial charge in [-0.15, -0.1) is 22.7 Å². The molecule has 26 heavy (non-hydrogen) atoms. The Morgan fingerprint density at radius 2 is 1.96 bits per heavy atom. The van der Waals surface area contributed by atoms with Gasteiger partial charge in [0, 0.05) is 0 Å². The van der Waals surface area contributed by atoms with E-state index in [-0.39, 0.29) is 24.9 Å². The first-order valence-corrected chi connectivity index (χ1v) is 9.56. The number of fused-ring (bicyclic) bond motifs is 1. The molecule has 136 valence electrons. The standard InChI is InChI=1S/C16H14ClN3O4S2/c1-3-23-16(22)12-7(2)11-13(18)19-10(20-14(11)26-12)6-24-15(21)8-4-5-9(17)25-8/h4-5H,3,6H2,1-2H3,(H2,18,19,20). The smallest absolute Gasteiger partial charge is 0.348 e. The van der Waals surface area contributed by atoms with Gasteiger partial charge in [-0.1, -0.05) is 11.6 Å². The summed E-state index contributed by atoms with van der Waals surface area (Å²) in [6.07, 6.45) is 0. The third-order valence-electron chi connectivity index (χ3n) is 3.43. The number of anilines is 1. The van der Waals surface area contributed by atoms with Crippen molar-refractivity contribution < 1.29 is 19.1 Å². The zero-order valence-electron chi connectivity index (χ0n) is 13.9. The largest absolute Gasteiger partial charge is 0.462 e. The summed E-state index contributed by atoms with van der Waals surface area (Å²) in [7, 11) is 0. The van der Waals surface area contributed by atoms with E-state index in [9.17, 15) is 9.59 Å². The number of nitrogens with zero attached hydrogens (tertiary/aromatic N) is 2. The quantitative estimate of drug-likeness (QED) is 0.636. The number of esters is 2. The monoisotopic (exact) mass is 411 g/mol. The Morgan fingerprint density at radius 1 is 1.19 bits per heavy atom. The van der Waals surface area contributed by atoms with E-state index in [4.69, 9.17) is 26.8 Å². The zero-order chi connectivity index (χ0) is 18.8. The molecule has 0 unspecified atom stereocenters. The molecule has 0 aliphatic heterocycles. The number of carbonyl (C=O) groups excluding carboxylic acids is 2. The van der Waals surface area contributed by atoms with Gasteiger partial charge in [0.25, 0.3) is 0 Å². The van der Waals surface area contributed by atoms with Gasteiger partial charge in [-0.05, 0) is 31.5 Å². The number of thiophene rings is 2. The van der Waals surface area contributed by atoms with Gasteiger partial charge < -0.3 is 15.2 Å². The third-order valence-corrected chi connectivity index (χ3v) is 5.81. The molecule has 0 aliphatic carbocycles. The lowest BCUT2D eigenvalue weighted by molar-refractivity contribution is 0.0467. The predicted octanol–water partition coefficient (Wildman–Crippen LogP) is 3.83. The maximum atomic E-state index is 12.0. The van der Waals surface area contributed by atoms with Crippen LogP contribution < -0.4 is 5.73 Å². The van der Waals surface area contributed by atoms with E-state index >= 15 is 0 Å². The summed E-state index contributed by atoms with van der Waals surface area (Å²) in [5.41, 5.74) is 6.69. The van der Waals surface area contributed by atoms with Crippen molar-refractivity contribution in [2.45, 2.75) is 20.5 Å². The Hall–Kier alpha value is -2.23. The van der Waals surface area contributed by atoms with Gasteiger partial charge >= 0.3 is 11.9 Å². The molecule has 0 saturated carbocycles. The molecule has 3 heterocycles. The Morgan fingerprint density at radius 3 is 2.62 bits per heavy atom. The van der Waals surface area contributed by atoms with Crippen LogP contribution in [-0.2, 0) is 16.1 Å². The second-order valence-corrected chi connectivity index (χ2v) is 7.88. The highest BCUT2D eigenvalue weighted by Gasteiger charge is 2.21. The molecule has 0 amide bonds. The molecule has 0 aliphatic rings. The number of rotatable bonds is 5. The first kappa shape index (κ1) is 18.6. The molecular weight excluding hydrogens is 398 g/mol. The fourth-order valence-electron chi connectivity index (χ4n) is 2.30. The van der Waals surface area contributed by atoms with Crippen molar-refractivity contribution >= 4 is 62.2 Å². The molecule has 0 radical (unpaired) electrons. The Balaban J connectivity index is 1.84. The van der Waals surface area contributed by atoms with Gasteiger partial charge in [0.15, 0.2) is 12.4 Å². The van der Waals surface area contributed by atoms with Crippen molar-refractivity contribution in [3.8, 4) is 0 Å². The predicted molar refractivity (Wildman–Crippen MR) is 101 cm³/mol. The summed E-state index contributed by atoms with van der Waals surface area (Å²) in [5.74, 6) is -0.458. The Kier molecular flexibility index (Phi) is 5.40. The van der Waals surface area contributed by atoms with Crippen molar-refractivity contribution in [2.75, 3.05) is 12.3 Å². The summed E-state index contributed by atoms with van der Waals surface area (Å²) < 4.78 is 10.7. The molecule has 0 atom stereocenters. The maximum absolute atomic E-state index is 12.0. The van der Waals surface area contributed by atoms with Crippen molar-refractivity contribution in [1.29, 1.82) is 0 Å². The number of carbonyl (C=O) groups is 2. The topological polar surface area (TPSA) is 104 Å². The molecule has 0 aromatic carbocycles. The molecule has 0 spiro atoms. The summed E-state index contributed by atoms with van der Waals surface area (Å²) in [6.45, 7) is 3.65. The summed E-state index contributed by atoms with van der Waals surface area (Å²) in [4.78, 5) is 33.9. The van der Waals surface area contributed by atoms with Gasteiger partial charge in [0.1, 0.15) is 20.4 Å². The van der Waals surface area contributed by atoms with E-state index < -0.39 is 11.9 Å². The first-order valence-electron chi connectivity index (χ1n) is 7.55. The summed E-state index contributed by atoms with van der Waals surface area (Å²) in [6, 6.07) is 3.21. The molecule has 10 heteroatoms. The zero-order valence-corrected chi connectivity index (χ0v) is 16.3. The van der Waals surface area contributed by atoms with Crippen molar-refractivity contribution in [3.05, 3.63) is 37.6 Å². The highest BCUT2D eigenvalue weighted by atomic mass is 35.5. The molecule has 0 fully saturated rings. The fraction of sp³-hybridized carbons (Fsp3) is 0.250. The van der Waals surface area contributed by atoms with Gasteiger partial charge in [0.05, 0.1) is 16.3 Å². The third kappa shape index (κ3) is 3.64. The van der Waals surface area contributed by atoms with Crippen LogP contribution in [0.15, 0.2) is 12.1 Å². The number of ether oxygens (including phenoxy) is 2. The van der Waals surface area contributed by atoms with Gasteiger partial charge in [0.2, 0.25) is 0 Å². The van der Waals surface area contributed by atoms with Gasteiger partial charge in [-0.3, -0.25) is 0 Å². The highest BCUT2D eigenvalue weighted by molar-refractivity contribution is 7.20. The molecule has 0 bridgehead atoms. The van der Waals surface area contributed by atoms with Crippen LogP contribution in [0.4, 0.5) is 5.82 Å². The summed E-state index contributed by atoms with van der Waals surface area (Å²) in [5, 5.41) is 0.609. The molecule has 2 N–H and O–H groups in total. The Labute approximate surface area is 161 Å². The van der Waals surface area contributed by atoms with Crippen molar-refractivity contribution in [2.24, 2.45) is 0 Å². The van der Waals surface area contributed by atoms with E-state index in [2.05, 4.69) is 9.97 Å². The number of nitrogen functional groups attached to an aromatic ring is 1. The van der Waals surface area contributed by atoms with Gasteiger partial charge in [-0.25, -0.2) is 19.6 Å². The fourth-order valence-corrected chi connectivity index (χ4v) is 4.34. The molecule has 0 saturated heterocycles. The minimum absolute atomic E-state index is 0.139. The molecular formula is C16H14ClN3O4S2. The second-order valence-electron chi connectivity index (χ2n) is 5.16. The summed E-state index contributed by atoms with van der Waals surface area (Å²) >= 11 is 8.10. The number of hydrogen-bond donors (Lipinski definition) is 1. The molecule has 7 nitrogen and oxygen atoms in total. The number of hydrogen-bond acceptors (Lipinski definition) is 9. The highest BCUT2D eigenvalue weighted by Crippen LogP contribution is 2.33. The van der Waals surface area contributed by atoms with E-state index in [1.54, 1.807) is 26.0 Å². The van der Waals surface area contributed by atoms with Crippen LogP contribution in [0.1, 0.15) is 37.7 Å². The lowest BCUT2D eigenvalue weighted by atomic mass is 10.2. The van der Waals surface area contributed by atoms with Crippen molar-refractivity contribution in [3.63, 3.8) is 0 Å². The normalized spacial score (nSPS) is 10.9. The molecule has 3 aromatic heterocycles. The minimum Gasteiger partial charge on any atom is -0.462 e. The lowest BCUT2D eigenvalue weighted by Gasteiger charge is -2.04. The van der Waals surface area contributed by atoms with Crippen LogP contribution in [0.2, 0.25) is 4.34 Å². The van der Waals surface area contributed by atoms with E-state index in [1.165, 1.54) is 11.3 Å². The number of aromatic nitrogens is 2. The van der Waals surface area contributed by atoms with E-state index in [1.807, 2.05) is 0 Å². The number of halogens is 1.